The first-order valence-corrected chi connectivity index (χ1v) is 11.0. The minimum Gasteiger partial charge on any atom is -0.408 e. The van der Waals surface area contributed by atoms with Crippen LogP contribution in [0.15, 0.2) is 63.8 Å². The lowest BCUT2D eigenvalue weighted by Crippen LogP contribution is -2.51. The predicted molar refractivity (Wildman–Crippen MR) is 126 cm³/mol. The Morgan fingerprint density at radius 2 is 1.78 bits per heavy atom. The largest absolute Gasteiger partial charge is 0.424 e. The smallest absolute Gasteiger partial charge is 0.408 e. The minimum absolute atomic E-state index is 0.0213. The van der Waals surface area contributed by atoms with E-state index < -0.39 is 47.0 Å². The lowest BCUT2D eigenvalue weighted by Gasteiger charge is -2.32. The van der Waals surface area contributed by atoms with Gasteiger partial charge in [-0.3, -0.25) is 9.78 Å². The number of nitrogens with two attached hydrogens (primary N) is 1. The number of carbonyl (C=O) groups is 1. The number of nitrogens with zero attached hydrogens (tertiary/aromatic N) is 1. The van der Waals surface area contributed by atoms with Gasteiger partial charge in [0, 0.05) is 16.7 Å². The van der Waals surface area contributed by atoms with E-state index in [1.54, 1.807) is 13.8 Å². The third kappa shape index (κ3) is 5.25. The van der Waals surface area contributed by atoms with Gasteiger partial charge in [0.15, 0.2) is 5.58 Å². The van der Waals surface area contributed by atoms with E-state index in [2.05, 4.69) is 15.3 Å². The first-order chi connectivity index (χ1) is 17.2. The number of aromatic nitrogens is 2. The maximum Gasteiger partial charge on any atom is 0.424 e. The van der Waals surface area contributed by atoms with Gasteiger partial charge in [-0.05, 0) is 74.0 Å². The number of oxazole rings is 1. The summed E-state index contributed by atoms with van der Waals surface area (Å²) in [7, 11) is 0. The zero-order valence-electron chi connectivity index (χ0n) is 19.6. The third-order valence-corrected chi connectivity index (χ3v) is 5.79. The number of alkyl halides is 3. The number of aliphatic hydroxyl groups is 1. The summed E-state index contributed by atoms with van der Waals surface area (Å²) >= 11 is 0. The maximum atomic E-state index is 14.3. The lowest BCUT2D eigenvalue weighted by molar-refractivity contribution is -0.265. The van der Waals surface area contributed by atoms with E-state index in [4.69, 9.17) is 10.2 Å². The number of aromatic amines is 1. The molecular formula is C25H22F4N4O4. The summed E-state index contributed by atoms with van der Waals surface area (Å²) in [4.78, 5) is 30.4. The number of halogens is 4. The monoisotopic (exact) mass is 518 g/mol. The molecule has 0 saturated carbocycles. The van der Waals surface area contributed by atoms with Gasteiger partial charge in [0.1, 0.15) is 5.82 Å². The molecule has 0 radical (unpaired) electrons. The number of benzene rings is 2. The molecule has 2 heterocycles. The number of amides is 1. The molecule has 0 aliphatic carbocycles. The molecule has 0 spiro atoms. The Morgan fingerprint density at radius 1 is 1.11 bits per heavy atom. The van der Waals surface area contributed by atoms with Crippen LogP contribution in [-0.2, 0) is 11.1 Å². The highest BCUT2D eigenvalue weighted by Gasteiger charge is 2.56. The second-order valence-corrected chi connectivity index (χ2v) is 9.12. The molecule has 1 atom stereocenters. The van der Waals surface area contributed by atoms with Crippen molar-refractivity contribution in [2.45, 2.75) is 31.2 Å². The average molecular weight is 518 g/mol. The molecule has 0 fully saturated rings. The Kier molecular flexibility index (Phi) is 6.42. The van der Waals surface area contributed by atoms with Gasteiger partial charge in [-0.1, -0.05) is 0 Å². The summed E-state index contributed by atoms with van der Waals surface area (Å²) in [5.41, 5.74) is 1.37. The van der Waals surface area contributed by atoms with Gasteiger partial charge in [-0.15, -0.1) is 0 Å². The number of rotatable bonds is 6. The highest BCUT2D eigenvalue weighted by atomic mass is 19.4. The van der Waals surface area contributed by atoms with Crippen LogP contribution in [0.5, 0.6) is 0 Å². The number of hydrogen-bond acceptors (Lipinski definition) is 6. The van der Waals surface area contributed by atoms with Crippen molar-refractivity contribution in [3.63, 3.8) is 0 Å². The molecule has 0 aliphatic rings. The summed E-state index contributed by atoms with van der Waals surface area (Å²) in [6, 6.07) is 11.2. The molecule has 8 nitrogen and oxygen atoms in total. The van der Waals surface area contributed by atoms with Crippen molar-refractivity contribution in [1.29, 1.82) is 0 Å². The molecule has 2 aromatic heterocycles. The normalized spacial score (nSPS) is 13.9. The third-order valence-electron chi connectivity index (χ3n) is 5.79. The molecule has 2 aromatic carbocycles. The molecule has 1 unspecified atom stereocenters. The average Bonchev–Trinajstić information content (AvgIpc) is 3.20. The van der Waals surface area contributed by atoms with E-state index in [9.17, 15) is 32.3 Å². The summed E-state index contributed by atoms with van der Waals surface area (Å²) in [6.45, 7) is 1.84. The zero-order chi connectivity index (χ0) is 27.2. The van der Waals surface area contributed by atoms with E-state index in [1.807, 2.05) is 0 Å². The van der Waals surface area contributed by atoms with Crippen molar-refractivity contribution >= 4 is 17.0 Å². The fraction of sp³-hybridized carbons (Fsp3) is 0.240. The van der Waals surface area contributed by atoms with Gasteiger partial charge < -0.3 is 20.6 Å². The van der Waals surface area contributed by atoms with E-state index in [0.29, 0.717) is 11.1 Å². The van der Waals surface area contributed by atoms with Crippen LogP contribution < -0.4 is 16.8 Å². The summed E-state index contributed by atoms with van der Waals surface area (Å²) in [5.74, 6) is -2.27. The molecule has 4 aromatic rings. The van der Waals surface area contributed by atoms with E-state index in [1.165, 1.54) is 36.4 Å². The van der Waals surface area contributed by atoms with Crippen molar-refractivity contribution in [1.82, 2.24) is 15.3 Å². The van der Waals surface area contributed by atoms with Crippen LogP contribution >= 0.6 is 0 Å². The van der Waals surface area contributed by atoms with Crippen LogP contribution in [0.1, 0.15) is 35.5 Å². The van der Waals surface area contributed by atoms with Crippen molar-refractivity contribution in [2.75, 3.05) is 6.54 Å². The fourth-order valence-corrected chi connectivity index (χ4v) is 3.62. The number of nitrogens with one attached hydrogen (secondary N) is 2. The molecular weight excluding hydrogens is 496 g/mol. The fourth-order valence-electron chi connectivity index (χ4n) is 3.62. The SMILES string of the molecule is CC(C)(N)c1cc(-c2ccc(F)cc2)nc(C(O)(CNC(=O)c2ccc3[nH]c(=O)oc3c2)C(F)(F)F)c1. The molecule has 37 heavy (non-hydrogen) atoms. The van der Waals surface area contributed by atoms with Crippen molar-refractivity contribution in [2.24, 2.45) is 5.73 Å². The van der Waals surface area contributed by atoms with Gasteiger partial charge >= 0.3 is 11.9 Å². The maximum absolute atomic E-state index is 14.3. The number of hydrogen-bond donors (Lipinski definition) is 4. The number of carbonyl (C=O) groups excluding carboxylic acids is 1. The van der Waals surface area contributed by atoms with Gasteiger partial charge in [0.05, 0.1) is 23.4 Å². The molecule has 4 rings (SSSR count). The van der Waals surface area contributed by atoms with Crippen LogP contribution in [0.4, 0.5) is 17.6 Å². The number of pyridine rings is 1. The first-order valence-electron chi connectivity index (χ1n) is 11.0. The van der Waals surface area contributed by atoms with Crippen molar-refractivity contribution < 1.29 is 31.9 Å². The Bertz CT molecular complexity index is 1520. The van der Waals surface area contributed by atoms with Crippen LogP contribution in [0.25, 0.3) is 22.4 Å². The van der Waals surface area contributed by atoms with E-state index in [0.717, 1.165) is 18.2 Å². The Labute approximate surface area is 207 Å². The first kappa shape index (κ1) is 26.0. The van der Waals surface area contributed by atoms with Crippen molar-refractivity contribution in [3.8, 4) is 11.3 Å². The lowest BCUT2D eigenvalue weighted by atomic mass is 9.89. The van der Waals surface area contributed by atoms with Gasteiger partial charge in [-0.25, -0.2) is 14.2 Å². The van der Waals surface area contributed by atoms with Gasteiger partial charge in [0.2, 0.25) is 5.60 Å². The summed E-state index contributed by atoms with van der Waals surface area (Å²) in [6.07, 6.45) is -5.26. The molecule has 0 aliphatic heterocycles. The van der Waals surface area contributed by atoms with Crippen molar-refractivity contribution in [3.05, 3.63) is 87.8 Å². The highest BCUT2D eigenvalue weighted by Crippen LogP contribution is 2.40. The number of fused-ring (bicyclic) bond motifs is 1. The zero-order valence-corrected chi connectivity index (χ0v) is 19.6. The minimum atomic E-state index is -5.26. The Hall–Kier alpha value is -4.03. The van der Waals surface area contributed by atoms with Crippen LogP contribution in [-0.4, -0.2) is 33.7 Å². The Morgan fingerprint density at radius 3 is 2.41 bits per heavy atom. The molecule has 0 bridgehead atoms. The molecule has 12 heteroatoms. The highest BCUT2D eigenvalue weighted by molar-refractivity contribution is 5.97. The standard InChI is InChI=1S/C25H22F4N4O4/c1-23(2,30)15-10-18(13-3-6-16(26)7-4-13)32-20(11-15)24(36,25(27,28)29)12-31-21(34)14-5-8-17-19(9-14)37-22(35)33-17/h3-11,36H,12,30H2,1-2H3,(H,31,34)(H,33,35). The number of H-pyrrole nitrogens is 1. The topological polar surface area (TPSA) is 134 Å². The quantitative estimate of drug-likeness (QED) is 0.288. The Balaban J connectivity index is 1.73. The van der Waals surface area contributed by atoms with Crippen LogP contribution in [0.2, 0.25) is 0 Å². The molecule has 194 valence electrons. The van der Waals surface area contributed by atoms with E-state index in [-0.39, 0.29) is 22.4 Å². The van der Waals surface area contributed by atoms with Gasteiger partial charge in [0.25, 0.3) is 5.91 Å². The molecule has 5 N–H and O–H groups in total. The predicted octanol–water partition coefficient (Wildman–Crippen LogP) is 3.70. The van der Waals surface area contributed by atoms with E-state index >= 15 is 0 Å². The molecule has 0 saturated heterocycles. The van der Waals surface area contributed by atoms with Crippen LogP contribution in [0.3, 0.4) is 0 Å². The summed E-state index contributed by atoms with van der Waals surface area (Å²) < 4.78 is 61.2. The van der Waals surface area contributed by atoms with Gasteiger partial charge in [-0.2, -0.15) is 13.2 Å². The second kappa shape index (κ2) is 9.12. The summed E-state index contributed by atoms with van der Waals surface area (Å²) in [5, 5.41) is 13.0. The molecule has 1 amide bonds. The second-order valence-electron chi connectivity index (χ2n) is 9.12. The van der Waals surface area contributed by atoms with Crippen LogP contribution in [0, 0.1) is 5.82 Å².